The molecule has 3 aliphatic heterocycles. The van der Waals surface area contributed by atoms with E-state index in [1.165, 1.54) is 0 Å². The Bertz CT molecular complexity index is 377. The standard InChI is InChI=1S/C10H12N2O3/c11-2-1-4-3-5-6-7(8(4)15-5)10(14)12-9(6)13/h3,5-8H,1-2,11H2,(H,12,13,14). The van der Waals surface area contributed by atoms with E-state index in [4.69, 9.17) is 10.5 Å². The maximum atomic E-state index is 11.5. The molecule has 0 aromatic rings. The number of hydrogen-bond acceptors (Lipinski definition) is 4. The highest BCUT2D eigenvalue weighted by atomic mass is 16.5. The van der Waals surface area contributed by atoms with Gasteiger partial charge in [-0.05, 0) is 18.5 Å². The Balaban J connectivity index is 1.93. The molecule has 0 aromatic heterocycles. The maximum absolute atomic E-state index is 11.5. The second-order valence-electron chi connectivity index (χ2n) is 4.21. The van der Waals surface area contributed by atoms with E-state index in [2.05, 4.69) is 5.32 Å². The summed E-state index contributed by atoms with van der Waals surface area (Å²) < 4.78 is 5.62. The van der Waals surface area contributed by atoms with Crippen LogP contribution in [0.5, 0.6) is 0 Å². The lowest BCUT2D eigenvalue weighted by Crippen LogP contribution is -2.30. The molecule has 0 aromatic carbocycles. The first-order valence-electron chi connectivity index (χ1n) is 5.13. The maximum Gasteiger partial charge on any atom is 0.233 e. The van der Waals surface area contributed by atoms with E-state index in [9.17, 15) is 9.59 Å². The van der Waals surface area contributed by atoms with Gasteiger partial charge < -0.3 is 10.5 Å². The smallest absolute Gasteiger partial charge is 0.233 e. The third kappa shape index (κ3) is 1.04. The Morgan fingerprint density at radius 3 is 2.80 bits per heavy atom. The second-order valence-corrected chi connectivity index (χ2v) is 4.21. The van der Waals surface area contributed by atoms with Crippen LogP contribution in [0.2, 0.25) is 0 Å². The van der Waals surface area contributed by atoms with E-state index in [0.717, 1.165) is 12.0 Å². The fourth-order valence-corrected chi connectivity index (χ4v) is 2.79. The summed E-state index contributed by atoms with van der Waals surface area (Å²) in [4.78, 5) is 23.0. The summed E-state index contributed by atoms with van der Waals surface area (Å²) in [6.45, 7) is 0.547. The number of nitrogens with one attached hydrogen (secondary N) is 1. The van der Waals surface area contributed by atoms with Crippen molar-refractivity contribution in [1.82, 2.24) is 5.32 Å². The van der Waals surface area contributed by atoms with Crippen LogP contribution in [-0.2, 0) is 14.3 Å². The van der Waals surface area contributed by atoms with Gasteiger partial charge in [0.2, 0.25) is 11.8 Å². The number of imide groups is 1. The monoisotopic (exact) mass is 208 g/mol. The van der Waals surface area contributed by atoms with Crippen LogP contribution < -0.4 is 11.1 Å². The van der Waals surface area contributed by atoms with Crippen molar-refractivity contribution in [1.29, 1.82) is 0 Å². The Hall–Kier alpha value is -1.20. The molecule has 2 bridgehead atoms. The van der Waals surface area contributed by atoms with Gasteiger partial charge in [-0.3, -0.25) is 14.9 Å². The van der Waals surface area contributed by atoms with Crippen molar-refractivity contribution in [2.75, 3.05) is 6.54 Å². The fourth-order valence-electron chi connectivity index (χ4n) is 2.79. The first-order valence-corrected chi connectivity index (χ1v) is 5.13. The molecule has 2 saturated heterocycles. The van der Waals surface area contributed by atoms with Crippen LogP contribution in [0.15, 0.2) is 11.6 Å². The number of rotatable bonds is 2. The van der Waals surface area contributed by atoms with E-state index >= 15 is 0 Å². The minimum atomic E-state index is -0.311. The summed E-state index contributed by atoms with van der Waals surface area (Å²) in [5, 5.41) is 2.36. The van der Waals surface area contributed by atoms with Gasteiger partial charge in [0.15, 0.2) is 0 Å². The molecule has 4 unspecified atom stereocenters. The summed E-state index contributed by atoms with van der Waals surface area (Å²) in [7, 11) is 0. The van der Waals surface area contributed by atoms with Crippen LogP contribution in [0.25, 0.3) is 0 Å². The SMILES string of the molecule is NCCC1=CC2OC1C1C(=O)NC(=O)C21. The normalized spacial score (nSPS) is 41.8. The molecule has 0 radical (unpaired) electrons. The van der Waals surface area contributed by atoms with Crippen LogP contribution in [0, 0.1) is 11.8 Å². The van der Waals surface area contributed by atoms with Crippen molar-refractivity contribution in [2.45, 2.75) is 18.6 Å². The highest BCUT2D eigenvalue weighted by molar-refractivity contribution is 6.06. The van der Waals surface area contributed by atoms with Crippen molar-refractivity contribution < 1.29 is 14.3 Å². The molecule has 80 valence electrons. The van der Waals surface area contributed by atoms with Crippen molar-refractivity contribution in [3.8, 4) is 0 Å². The van der Waals surface area contributed by atoms with Gasteiger partial charge in [-0.1, -0.05) is 6.08 Å². The Kier molecular flexibility index (Phi) is 1.75. The average molecular weight is 208 g/mol. The molecule has 4 atom stereocenters. The quantitative estimate of drug-likeness (QED) is 0.447. The fraction of sp³-hybridized carbons (Fsp3) is 0.600. The topological polar surface area (TPSA) is 81.4 Å². The highest BCUT2D eigenvalue weighted by Gasteiger charge is 2.59. The predicted octanol–water partition coefficient (Wildman–Crippen LogP) is -1.07. The molecule has 0 saturated carbocycles. The zero-order chi connectivity index (χ0) is 10.6. The van der Waals surface area contributed by atoms with E-state index in [1.807, 2.05) is 6.08 Å². The lowest BCUT2D eigenvalue weighted by Gasteiger charge is -2.17. The summed E-state index contributed by atoms with van der Waals surface area (Å²) in [6, 6.07) is 0. The minimum absolute atomic E-state index is 0.194. The lowest BCUT2D eigenvalue weighted by molar-refractivity contribution is -0.128. The molecule has 15 heavy (non-hydrogen) atoms. The highest BCUT2D eigenvalue weighted by Crippen LogP contribution is 2.46. The first kappa shape index (κ1) is 9.06. The van der Waals surface area contributed by atoms with Crippen LogP contribution in [0.3, 0.4) is 0 Å². The molecule has 3 rings (SSSR count). The number of nitrogens with two attached hydrogens (primary N) is 1. The van der Waals surface area contributed by atoms with Crippen molar-refractivity contribution >= 4 is 11.8 Å². The summed E-state index contributed by atoms with van der Waals surface area (Å²) in [5.41, 5.74) is 6.55. The molecule has 2 amide bonds. The van der Waals surface area contributed by atoms with Crippen LogP contribution in [0.1, 0.15) is 6.42 Å². The molecule has 0 spiro atoms. The zero-order valence-corrected chi connectivity index (χ0v) is 8.10. The summed E-state index contributed by atoms with van der Waals surface area (Å²) in [5.74, 6) is -1.00. The summed E-state index contributed by atoms with van der Waals surface area (Å²) in [6.07, 6.45) is 2.27. The van der Waals surface area contributed by atoms with Crippen molar-refractivity contribution in [3.05, 3.63) is 11.6 Å². The molecule has 3 aliphatic rings. The number of amides is 2. The molecule has 5 nitrogen and oxygen atoms in total. The van der Waals surface area contributed by atoms with E-state index in [-0.39, 0.29) is 35.9 Å². The largest absolute Gasteiger partial charge is 0.365 e. The molecule has 0 aliphatic carbocycles. The minimum Gasteiger partial charge on any atom is -0.365 e. The van der Waals surface area contributed by atoms with E-state index in [1.54, 1.807) is 0 Å². The Morgan fingerprint density at radius 1 is 1.33 bits per heavy atom. The van der Waals surface area contributed by atoms with Crippen molar-refractivity contribution in [2.24, 2.45) is 17.6 Å². The summed E-state index contributed by atoms with van der Waals surface area (Å²) >= 11 is 0. The third-order valence-corrected chi connectivity index (χ3v) is 3.40. The van der Waals surface area contributed by atoms with E-state index in [0.29, 0.717) is 6.54 Å². The second kappa shape index (κ2) is 2.90. The average Bonchev–Trinajstić information content (AvgIpc) is 2.80. The van der Waals surface area contributed by atoms with Gasteiger partial charge in [0.1, 0.15) is 0 Å². The number of fused-ring (bicyclic) bond motifs is 5. The lowest BCUT2D eigenvalue weighted by atomic mass is 9.80. The number of hydrogen-bond donors (Lipinski definition) is 2. The van der Waals surface area contributed by atoms with Gasteiger partial charge in [-0.15, -0.1) is 0 Å². The predicted molar refractivity (Wildman–Crippen MR) is 50.5 cm³/mol. The molecule has 3 heterocycles. The molecule has 3 N–H and O–H groups in total. The first-order chi connectivity index (χ1) is 7.22. The third-order valence-electron chi connectivity index (χ3n) is 3.40. The van der Waals surface area contributed by atoms with Gasteiger partial charge in [0, 0.05) is 0 Å². The van der Waals surface area contributed by atoms with Crippen molar-refractivity contribution in [3.63, 3.8) is 0 Å². The molecule has 5 heteroatoms. The Labute approximate surface area is 86.6 Å². The van der Waals surface area contributed by atoms with Gasteiger partial charge in [0.05, 0.1) is 24.0 Å². The number of ether oxygens (including phenoxy) is 1. The zero-order valence-electron chi connectivity index (χ0n) is 8.10. The van der Waals surface area contributed by atoms with Crippen LogP contribution >= 0.6 is 0 Å². The number of carbonyl (C=O) groups is 2. The van der Waals surface area contributed by atoms with Gasteiger partial charge in [0.25, 0.3) is 0 Å². The molecule has 2 fully saturated rings. The number of carbonyl (C=O) groups excluding carboxylic acids is 2. The van der Waals surface area contributed by atoms with E-state index < -0.39 is 0 Å². The van der Waals surface area contributed by atoms with Gasteiger partial charge in [-0.25, -0.2) is 0 Å². The molecular formula is C10H12N2O3. The van der Waals surface area contributed by atoms with Crippen LogP contribution in [-0.4, -0.2) is 30.6 Å². The van der Waals surface area contributed by atoms with Gasteiger partial charge >= 0.3 is 0 Å². The molecular weight excluding hydrogens is 196 g/mol. The Morgan fingerprint density at radius 2 is 2.07 bits per heavy atom. The van der Waals surface area contributed by atoms with Crippen LogP contribution in [0.4, 0.5) is 0 Å². The van der Waals surface area contributed by atoms with Gasteiger partial charge in [-0.2, -0.15) is 0 Å².